The molecule has 0 aliphatic carbocycles. The Morgan fingerprint density at radius 2 is 1.88 bits per heavy atom. The van der Waals surface area contributed by atoms with Crippen LogP contribution >= 0.6 is 39.1 Å². The normalized spacial score (nSPS) is 11.0. The summed E-state index contributed by atoms with van der Waals surface area (Å²) in [6.45, 7) is 0. The average Bonchev–Trinajstić information content (AvgIpc) is 3.08. The first-order valence-electron chi connectivity index (χ1n) is 7.63. The number of hydrazone groups is 1. The zero-order chi connectivity index (χ0) is 18.5. The molecule has 0 saturated heterocycles. The van der Waals surface area contributed by atoms with Crippen molar-refractivity contribution in [1.82, 2.24) is 5.43 Å². The Bertz CT molecular complexity index is 952. The zero-order valence-corrected chi connectivity index (χ0v) is 16.5. The van der Waals surface area contributed by atoms with Crippen molar-refractivity contribution in [3.05, 3.63) is 80.4 Å². The van der Waals surface area contributed by atoms with Gasteiger partial charge in [-0.2, -0.15) is 5.10 Å². The highest BCUT2D eigenvalue weighted by Gasteiger charge is 2.10. The minimum Gasteiger partial charge on any atom is -0.455 e. The SMILES string of the molecule is O=C(Cc1ccc(Br)cc1)N/N=C\c1ccc(-c2cccc(Cl)c2Cl)o1. The average molecular weight is 452 g/mol. The second kappa shape index (κ2) is 8.54. The lowest BCUT2D eigenvalue weighted by molar-refractivity contribution is -0.120. The Kier molecular flexibility index (Phi) is 6.14. The van der Waals surface area contributed by atoms with E-state index in [-0.39, 0.29) is 12.3 Å². The molecule has 0 saturated carbocycles. The fourth-order valence-electron chi connectivity index (χ4n) is 2.26. The maximum Gasteiger partial charge on any atom is 0.244 e. The standard InChI is InChI=1S/C19H13BrCl2N2O2/c20-13-6-4-12(5-7-13)10-18(25)24-23-11-14-8-9-17(26-14)15-2-1-3-16(21)19(15)22/h1-9,11H,10H2,(H,24,25)/b23-11-. The molecule has 0 bridgehead atoms. The lowest BCUT2D eigenvalue weighted by Gasteiger charge is -2.02. The van der Waals surface area contributed by atoms with Gasteiger partial charge in [0.15, 0.2) is 0 Å². The van der Waals surface area contributed by atoms with E-state index in [0.717, 1.165) is 10.0 Å². The van der Waals surface area contributed by atoms with Gasteiger partial charge in [0.2, 0.25) is 5.91 Å². The molecule has 0 atom stereocenters. The van der Waals surface area contributed by atoms with Crippen LogP contribution in [0.4, 0.5) is 0 Å². The van der Waals surface area contributed by atoms with Gasteiger partial charge in [-0.05, 0) is 42.0 Å². The van der Waals surface area contributed by atoms with Gasteiger partial charge >= 0.3 is 0 Å². The van der Waals surface area contributed by atoms with Gasteiger partial charge in [-0.3, -0.25) is 4.79 Å². The number of nitrogens with one attached hydrogen (secondary N) is 1. The Labute approximate surface area is 168 Å². The maximum atomic E-state index is 11.9. The van der Waals surface area contributed by atoms with Crippen LogP contribution in [0.5, 0.6) is 0 Å². The van der Waals surface area contributed by atoms with Gasteiger partial charge in [0, 0.05) is 10.0 Å². The fourth-order valence-corrected chi connectivity index (χ4v) is 2.91. The fraction of sp³-hybridized carbons (Fsp3) is 0.0526. The molecule has 3 aromatic rings. The molecule has 1 amide bonds. The molecule has 1 aromatic heterocycles. The number of amides is 1. The van der Waals surface area contributed by atoms with Gasteiger partial charge in [-0.1, -0.05) is 57.3 Å². The number of benzene rings is 2. The zero-order valence-electron chi connectivity index (χ0n) is 13.4. The minimum absolute atomic E-state index is 0.215. The monoisotopic (exact) mass is 450 g/mol. The number of nitrogens with zero attached hydrogens (tertiary/aromatic N) is 1. The van der Waals surface area contributed by atoms with Crippen LogP contribution in [0.1, 0.15) is 11.3 Å². The summed E-state index contributed by atoms with van der Waals surface area (Å²) in [6, 6.07) is 16.3. The van der Waals surface area contributed by atoms with Crippen molar-refractivity contribution in [2.24, 2.45) is 5.10 Å². The highest BCUT2D eigenvalue weighted by molar-refractivity contribution is 9.10. The third-order valence-electron chi connectivity index (χ3n) is 3.50. The lowest BCUT2D eigenvalue weighted by atomic mass is 10.1. The van der Waals surface area contributed by atoms with Crippen molar-refractivity contribution >= 4 is 51.3 Å². The first-order valence-corrected chi connectivity index (χ1v) is 9.18. The Morgan fingerprint density at radius 1 is 1.12 bits per heavy atom. The number of rotatable bonds is 5. The molecular formula is C19H13BrCl2N2O2. The molecule has 3 rings (SSSR count). The van der Waals surface area contributed by atoms with Gasteiger partial charge in [0.05, 0.1) is 22.7 Å². The predicted molar refractivity (Wildman–Crippen MR) is 108 cm³/mol. The second-order valence-electron chi connectivity index (χ2n) is 5.40. The third kappa shape index (κ3) is 4.75. The largest absolute Gasteiger partial charge is 0.455 e. The van der Waals surface area contributed by atoms with E-state index in [0.29, 0.717) is 27.1 Å². The molecule has 0 spiro atoms. The molecule has 2 aromatic carbocycles. The summed E-state index contributed by atoms with van der Waals surface area (Å²) in [7, 11) is 0. The van der Waals surface area contributed by atoms with Crippen molar-refractivity contribution in [2.45, 2.75) is 6.42 Å². The molecule has 26 heavy (non-hydrogen) atoms. The molecular weight excluding hydrogens is 439 g/mol. The van der Waals surface area contributed by atoms with Gasteiger partial charge in [-0.25, -0.2) is 5.43 Å². The topological polar surface area (TPSA) is 54.6 Å². The van der Waals surface area contributed by atoms with E-state index >= 15 is 0 Å². The van der Waals surface area contributed by atoms with Crippen LogP contribution in [0.15, 0.2) is 68.6 Å². The highest BCUT2D eigenvalue weighted by Crippen LogP contribution is 2.34. The summed E-state index contributed by atoms with van der Waals surface area (Å²) in [5.74, 6) is 0.841. The van der Waals surface area contributed by atoms with Gasteiger partial charge in [-0.15, -0.1) is 0 Å². The number of hydrogen-bond donors (Lipinski definition) is 1. The quantitative estimate of drug-likeness (QED) is 0.399. The maximum absolute atomic E-state index is 11.9. The minimum atomic E-state index is -0.215. The van der Waals surface area contributed by atoms with Crippen LogP contribution in [-0.4, -0.2) is 12.1 Å². The van der Waals surface area contributed by atoms with Crippen molar-refractivity contribution < 1.29 is 9.21 Å². The van der Waals surface area contributed by atoms with Crippen molar-refractivity contribution in [1.29, 1.82) is 0 Å². The number of carbonyl (C=O) groups excluding carboxylic acids is 1. The Morgan fingerprint density at radius 3 is 2.65 bits per heavy atom. The summed E-state index contributed by atoms with van der Waals surface area (Å²) in [4.78, 5) is 11.9. The Hall–Kier alpha value is -2.08. The molecule has 7 heteroatoms. The molecule has 0 unspecified atom stereocenters. The van der Waals surface area contributed by atoms with Crippen LogP contribution in [0, 0.1) is 0 Å². The molecule has 4 nitrogen and oxygen atoms in total. The highest BCUT2D eigenvalue weighted by atomic mass is 79.9. The first-order chi connectivity index (χ1) is 12.5. The molecule has 0 aliphatic rings. The molecule has 0 aliphatic heterocycles. The number of hydrogen-bond acceptors (Lipinski definition) is 3. The summed E-state index contributed by atoms with van der Waals surface area (Å²) in [5.41, 5.74) is 4.07. The Balaban J connectivity index is 1.61. The summed E-state index contributed by atoms with van der Waals surface area (Å²) >= 11 is 15.6. The van der Waals surface area contributed by atoms with E-state index in [2.05, 4.69) is 26.5 Å². The van der Waals surface area contributed by atoms with Crippen LogP contribution in [0.25, 0.3) is 11.3 Å². The van der Waals surface area contributed by atoms with E-state index in [4.69, 9.17) is 27.6 Å². The molecule has 1 N–H and O–H groups in total. The molecule has 0 fully saturated rings. The summed E-state index contributed by atoms with van der Waals surface area (Å²) in [5, 5.41) is 4.80. The van der Waals surface area contributed by atoms with Crippen LogP contribution < -0.4 is 5.43 Å². The molecule has 1 heterocycles. The van der Waals surface area contributed by atoms with Gasteiger partial charge < -0.3 is 4.42 Å². The van der Waals surface area contributed by atoms with Crippen molar-refractivity contribution in [3.8, 4) is 11.3 Å². The van der Waals surface area contributed by atoms with Crippen LogP contribution in [0.2, 0.25) is 10.0 Å². The van der Waals surface area contributed by atoms with E-state index < -0.39 is 0 Å². The number of furan rings is 1. The van der Waals surface area contributed by atoms with Crippen LogP contribution in [-0.2, 0) is 11.2 Å². The van der Waals surface area contributed by atoms with E-state index in [9.17, 15) is 4.79 Å². The van der Waals surface area contributed by atoms with E-state index in [1.54, 1.807) is 24.3 Å². The second-order valence-corrected chi connectivity index (χ2v) is 7.10. The molecule has 132 valence electrons. The van der Waals surface area contributed by atoms with Crippen molar-refractivity contribution in [3.63, 3.8) is 0 Å². The van der Waals surface area contributed by atoms with E-state index in [1.807, 2.05) is 30.3 Å². The number of halogens is 3. The van der Waals surface area contributed by atoms with E-state index in [1.165, 1.54) is 6.21 Å². The summed E-state index contributed by atoms with van der Waals surface area (Å²) in [6.07, 6.45) is 1.67. The first kappa shape index (κ1) is 18.7. The summed E-state index contributed by atoms with van der Waals surface area (Å²) < 4.78 is 6.64. The molecule has 0 radical (unpaired) electrons. The van der Waals surface area contributed by atoms with Crippen LogP contribution in [0.3, 0.4) is 0 Å². The van der Waals surface area contributed by atoms with Crippen molar-refractivity contribution in [2.75, 3.05) is 0 Å². The smallest absolute Gasteiger partial charge is 0.244 e. The van der Waals surface area contributed by atoms with Gasteiger partial charge in [0.25, 0.3) is 0 Å². The third-order valence-corrected chi connectivity index (χ3v) is 4.85. The lowest BCUT2D eigenvalue weighted by Crippen LogP contribution is -2.19. The number of carbonyl (C=O) groups is 1. The van der Waals surface area contributed by atoms with Gasteiger partial charge in [0.1, 0.15) is 11.5 Å². The predicted octanol–water partition coefficient (Wildman–Crippen LogP) is 5.71.